The molecule has 1 aliphatic carbocycles. The van der Waals surface area contributed by atoms with Crippen molar-refractivity contribution in [3.63, 3.8) is 0 Å². The molecule has 1 aromatic carbocycles. The number of aromatic nitrogens is 2. The predicted molar refractivity (Wildman–Crippen MR) is 137 cm³/mol. The average molecular weight is 456 g/mol. The molecule has 0 bridgehead atoms. The number of nitrogens with two attached hydrogens (primary N) is 1. The number of pyridine rings is 2. The van der Waals surface area contributed by atoms with Crippen molar-refractivity contribution in [1.82, 2.24) is 19.8 Å². The normalized spacial score (nSPS) is 20.2. The van der Waals surface area contributed by atoms with Gasteiger partial charge in [0.15, 0.2) is 0 Å². The van der Waals surface area contributed by atoms with Gasteiger partial charge in [0.05, 0.1) is 11.7 Å². The van der Waals surface area contributed by atoms with E-state index < -0.39 is 0 Å². The molecular weight excluding hydrogens is 418 g/mol. The number of fused-ring (bicyclic) bond motifs is 2. The SMILES string of the molecule is NCCCCN(C[C@H]1Cc2ccccc2CN1Cc1ccncc1)[C@H]1CCCc2cccnc21. The van der Waals surface area contributed by atoms with Crippen LogP contribution in [0.3, 0.4) is 0 Å². The summed E-state index contributed by atoms with van der Waals surface area (Å²) in [6, 6.07) is 18.5. The number of unbranched alkanes of at least 4 members (excludes halogenated alkanes) is 1. The maximum atomic E-state index is 5.87. The minimum absolute atomic E-state index is 0.405. The second kappa shape index (κ2) is 11.2. The Labute approximate surface area is 204 Å². The van der Waals surface area contributed by atoms with E-state index >= 15 is 0 Å². The number of nitrogens with zero attached hydrogens (tertiary/aromatic N) is 4. The maximum Gasteiger partial charge on any atom is 0.0607 e. The Morgan fingerprint density at radius 1 is 0.941 bits per heavy atom. The van der Waals surface area contributed by atoms with Crippen LogP contribution < -0.4 is 5.73 Å². The number of hydrogen-bond donors (Lipinski definition) is 1. The van der Waals surface area contributed by atoms with Gasteiger partial charge >= 0.3 is 0 Å². The van der Waals surface area contributed by atoms with Crippen LogP contribution in [-0.4, -0.2) is 45.4 Å². The zero-order chi connectivity index (χ0) is 23.2. The first-order valence-electron chi connectivity index (χ1n) is 12.9. The smallest absolute Gasteiger partial charge is 0.0607 e. The van der Waals surface area contributed by atoms with Gasteiger partial charge in [-0.3, -0.25) is 19.8 Å². The first-order valence-corrected chi connectivity index (χ1v) is 12.9. The van der Waals surface area contributed by atoms with Crippen LogP contribution in [0.2, 0.25) is 0 Å². The molecule has 178 valence electrons. The summed E-state index contributed by atoms with van der Waals surface area (Å²) >= 11 is 0. The van der Waals surface area contributed by atoms with Crippen molar-refractivity contribution < 1.29 is 0 Å². The Balaban J connectivity index is 1.42. The van der Waals surface area contributed by atoms with Crippen molar-refractivity contribution in [1.29, 1.82) is 0 Å². The number of hydrogen-bond acceptors (Lipinski definition) is 5. The fraction of sp³-hybridized carbons (Fsp3) is 0.448. The van der Waals surface area contributed by atoms with E-state index in [1.807, 2.05) is 18.6 Å². The van der Waals surface area contributed by atoms with E-state index in [9.17, 15) is 0 Å². The molecule has 5 rings (SSSR count). The van der Waals surface area contributed by atoms with Crippen molar-refractivity contribution in [2.24, 2.45) is 5.73 Å². The molecule has 2 atom stereocenters. The summed E-state index contributed by atoms with van der Waals surface area (Å²) in [6.07, 6.45) is 12.7. The van der Waals surface area contributed by atoms with Crippen LogP contribution in [0.25, 0.3) is 0 Å². The molecule has 0 fully saturated rings. The largest absolute Gasteiger partial charge is 0.330 e. The zero-order valence-electron chi connectivity index (χ0n) is 20.1. The molecular formula is C29H37N5. The zero-order valence-corrected chi connectivity index (χ0v) is 20.1. The molecule has 2 aromatic heterocycles. The van der Waals surface area contributed by atoms with E-state index in [4.69, 9.17) is 10.7 Å². The highest BCUT2D eigenvalue weighted by Gasteiger charge is 2.32. The molecule has 2 aliphatic rings. The molecule has 0 saturated heterocycles. The van der Waals surface area contributed by atoms with Crippen LogP contribution in [-0.2, 0) is 25.9 Å². The fourth-order valence-electron chi connectivity index (χ4n) is 5.77. The maximum absolute atomic E-state index is 5.87. The summed E-state index contributed by atoms with van der Waals surface area (Å²) in [5, 5.41) is 0. The van der Waals surface area contributed by atoms with Crippen molar-refractivity contribution in [3.05, 3.63) is 95.1 Å². The van der Waals surface area contributed by atoms with E-state index in [1.54, 1.807) is 0 Å². The quantitative estimate of drug-likeness (QED) is 0.481. The molecule has 5 heteroatoms. The lowest BCUT2D eigenvalue weighted by molar-refractivity contribution is 0.0826. The molecule has 0 amide bonds. The number of aryl methyl sites for hydroxylation is 1. The lowest BCUT2D eigenvalue weighted by Crippen LogP contribution is -2.48. The summed E-state index contributed by atoms with van der Waals surface area (Å²) < 4.78 is 0. The van der Waals surface area contributed by atoms with Gasteiger partial charge in [-0.15, -0.1) is 0 Å². The first kappa shape index (κ1) is 23.2. The number of benzene rings is 1. The highest BCUT2D eigenvalue weighted by molar-refractivity contribution is 5.31. The molecule has 1 aliphatic heterocycles. The van der Waals surface area contributed by atoms with Crippen molar-refractivity contribution in [2.45, 2.75) is 63.7 Å². The second-order valence-electron chi connectivity index (χ2n) is 9.83. The van der Waals surface area contributed by atoms with Crippen molar-refractivity contribution in [3.8, 4) is 0 Å². The lowest BCUT2D eigenvalue weighted by Gasteiger charge is -2.43. The Hall–Kier alpha value is -2.60. The topological polar surface area (TPSA) is 58.3 Å². The minimum Gasteiger partial charge on any atom is -0.330 e. The summed E-state index contributed by atoms with van der Waals surface area (Å²) in [6.45, 7) is 4.86. The Kier molecular flexibility index (Phi) is 7.64. The molecule has 0 unspecified atom stereocenters. The van der Waals surface area contributed by atoms with Crippen molar-refractivity contribution in [2.75, 3.05) is 19.6 Å². The van der Waals surface area contributed by atoms with Gasteiger partial charge in [0.2, 0.25) is 0 Å². The minimum atomic E-state index is 0.405. The average Bonchev–Trinajstić information content (AvgIpc) is 2.89. The summed E-state index contributed by atoms with van der Waals surface area (Å²) in [4.78, 5) is 14.5. The molecule has 0 saturated carbocycles. The highest BCUT2D eigenvalue weighted by atomic mass is 15.2. The van der Waals surface area contributed by atoms with Crippen molar-refractivity contribution >= 4 is 0 Å². The van der Waals surface area contributed by atoms with Gasteiger partial charge in [0.25, 0.3) is 0 Å². The summed E-state index contributed by atoms with van der Waals surface area (Å²) in [5.41, 5.74) is 12.9. The molecule has 3 aromatic rings. The van der Waals surface area contributed by atoms with Gasteiger partial charge in [-0.2, -0.15) is 0 Å². The predicted octanol–water partition coefficient (Wildman–Crippen LogP) is 4.52. The van der Waals surface area contributed by atoms with Gasteiger partial charge in [-0.05, 0) is 92.1 Å². The first-order chi connectivity index (χ1) is 16.8. The molecule has 34 heavy (non-hydrogen) atoms. The number of rotatable bonds is 9. The van der Waals surface area contributed by atoms with Gasteiger partial charge < -0.3 is 5.73 Å². The van der Waals surface area contributed by atoms with E-state index in [1.165, 1.54) is 40.8 Å². The highest BCUT2D eigenvalue weighted by Crippen LogP contribution is 2.34. The third kappa shape index (κ3) is 5.38. The third-order valence-corrected chi connectivity index (χ3v) is 7.55. The fourth-order valence-corrected chi connectivity index (χ4v) is 5.77. The van der Waals surface area contributed by atoms with Gasteiger partial charge in [-0.25, -0.2) is 0 Å². The van der Waals surface area contributed by atoms with E-state index in [0.29, 0.717) is 12.1 Å². The standard InChI is InChI=1S/C29H37N5/c30-14-3-4-18-33(28-11-5-9-24-10-6-15-32-29(24)28)22-27-19-25-7-1-2-8-26(25)21-34(27)20-23-12-16-31-17-13-23/h1-2,6-8,10,12-13,15-17,27-28H,3-5,9,11,14,18-22,30H2/t27-,28+/m1/s1. The van der Waals surface area contributed by atoms with Gasteiger partial charge in [-0.1, -0.05) is 30.3 Å². The Bertz CT molecular complexity index is 1050. The molecule has 2 N–H and O–H groups in total. The van der Waals surface area contributed by atoms with Crippen LogP contribution >= 0.6 is 0 Å². The molecule has 0 radical (unpaired) electrons. The summed E-state index contributed by atoms with van der Waals surface area (Å²) in [5.74, 6) is 0. The molecule has 3 heterocycles. The second-order valence-corrected chi connectivity index (χ2v) is 9.83. The Morgan fingerprint density at radius 2 is 1.76 bits per heavy atom. The van der Waals surface area contributed by atoms with Crippen LogP contribution in [0.4, 0.5) is 0 Å². The van der Waals surface area contributed by atoms with Crippen LogP contribution in [0.15, 0.2) is 67.1 Å². The third-order valence-electron chi connectivity index (χ3n) is 7.55. The Morgan fingerprint density at radius 3 is 2.62 bits per heavy atom. The molecule has 0 spiro atoms. The van der Waals surface area contributed by atoms with Crippen LogP contribution in [0.1, 0.15) is 59.7 Å². The van der Waals surface area contributed by atoms with Crippen LogP contribution in [0.5, 0.6) is 0 Å². The molecule has 5 nitrogen and oxygen atoms in total. The van der Waals surface area contributed by atoms with E-state index in [2.05, 4.69) is 63.3 Å². The monoisotopic (exact) mass is 455 g/mol. The summed E-state index contributed by atoms with van der Waals surface area (Å²) in [7, 11) is 0. The van der Waals surface area contributed by atoms with Gasteiger partial charge in [0.1, 0.15) is 0 Å². The lowest BCUT2D eigenvalue weighted by atomic mass is 9.89. The van der Waals surface area contributed by atoms with E-state index in [0.717, 1.165) is 58.4 Å². The van der Waals surface area contributed by atoms with Crippen LogP contribution in [0, 0.1) is 0 Å². The van der Waals surface area contributed by atoms with E-state index in [-0.39, 0.29) is 0 Å². The van der Waals surface area contributed by atoms with Gasteiger partial charge in [0, 0.05) is 44.3 Å².